The molecule has 4 nitrogen and oxygen atoms in total. The number of anilines is 1. The van der Waals surface area contributed by atoms with Gasteiger partial charge in [0.25, 0.3) is 0 Å². The number of nitrogens with zero attached hydrogens (tertiary/aromatic N) is 2. The summed E-state index contributed by atoms with van der Waals surface area (Å²) in [5.74, 6) is -0.328. The van der Waals surface area contributed by atoms with E-state index in [2.05, 4.69) is 19.1 Å². The highest BCUT2D eigenvalue weighted by atomic mass is 16.1. The molecule has 1 amide bonds. The number of carbonyl (C=O) groups is 1. The van der Waals surface area contributed by atoms with Gasteiger partial charge in [0.2, 0.25) is 5.91 Å². The summed E-state index contributed by atoms with van der Waals surface area (Å²) in [6.07, 6.45) is 2.51. The van der Waals surface area contributed by atoms with Gasteiger partial charge in [-0.2, -0.15) is 5.10 Å². The van der Waals surface area contributed by atoms with Crippen molar-refractivity contribution in [2.75, 3.05) is 5.01 Å². The molecular weight excluding hydrogens is 370 g/mol. The largest absolute Gasteiger partial charge is 0.369 e. The summed E-state index contributed by atoms with van der Waals surface area (Å²) < 4.78 is 0. The maximum atomic E-state index is 13.3. The fraction of sp³-hybridized carbons (Fsp3) is 0.231. The molecule has 0 saturated heterocycles. The molecule has 4 heteroatoms. The average Bonchev–Trinajstić information content (AvgIpc) is 3.16. The lowest BCUT2D eigenvalue weighted by Crippen LogP contribution is -2.48. The van der Waals surface area contributed by atoms with Crippen LogP contribution in [0.3, 0.4) is 0 Å². The molecule has 30 heavy (non-hydrogen) atoms. The van der Waals surface area contributed by atoms with Crippen LogP contribution in [0.25, 0.3) is 0 Å². The molecule has 4 rings (SSSR count). The number of hydrazone groups is 1. The first-order chi connectivity index (χ1) is 14.7. The molecule has 152 valence electrons. The predicted octanol–water partition coefficient (Wildman–Crippen LogP) is 5.31. The zero-order valence-corrected chi connectivity index (χ0v) is 17.2. The Morgan fingerprint density at radius 3 is 2.07 bits per heavy atom. The van der Waals surface area contributed by atoms with Crippen molar-refractivity contribution in [3.63, 3.8) is 0 Å². The summed E-state index contributed by atoms with van der Waals surface area (Å²) in [6.45, 7) is 2.13. The number of benzene rings is 3. The van der Waals surface area contributed by atoms with Crippen LogP contribution >= 0.6 is 0 Å². The van der Waals surface area contributed by atoms with Crippen LogP contribution in [0.5, 0.6) is 0 Å². The maximum absolute atomic E-state index is 13.3. The minimum absolute atomic E-state index is 0.305. The number of carbonyl (C=O) groups excluding carboxylic acids is 1. The van der Waals surface area contributed by atoms with E-state index in [4.69, 9.17) is 10.8 Å². The number of hydrogen-bond donors (Lipinski definition) is 1. The molecule has 0 aliphatic carbocycles. The quantitative estimate of drug-likeness (QED) is 0.587. The third kappa shape index (κ3) is 3.39. The molecule has 0 spiro atoms. The summed E-state index contributed by atoms with van der Waals surface area (Å²) in [7, 11) is 0. The summed E-state index contributed by atoms with van der Waals surface area (Å²) in [4.78, 5) is 13.3. The van der Waals surface area contributed by atoms with E-state index in [1.165, 1.54) is 0 Å². The van der Waals surface area contributed by atoms with Crippen molar-refractivity contribution in [2.45, 2.75) is 32.2 Å². The third-order valence-electron chi connectivity index (χ3n) is 5.89. The standard InChI is InChI=1S/C26H27N3O/c1-2-3-19-26(25(27)30)23(20-13-7-4-8-14-20)28-29(22-17-11-6-12-18-22)24(26)21-15-9-5-10-16-21/h4-18,24H,2-3,19H2,1H3,(H2,27,30). The molecule has 0 fully saturated rings. The van der Waals surface area contributed by atoms with Gasteiger partial charge in [0.15, 0.2) is 0 Å². The second-order valence-corrected chi connectivity index (χ2v) is 7.75. The molecule has 3 aromatic carbocycles. The zero-order valence-electron chi connectivity index (χ0n) is 17.2. The van der Waals surface area contributed by atoms with Crippen molar-refractivity contribution in [3.8, 4) is 0 Å². The minimum Gasteiger partial charge on any atom is -0.369 e. The third-order valence-corrected chi connectivity index (χ3v) is 5.89. The van der Waals surface area contributed by atoms with Crippen molar-refractivity contribution in [1.82, 2.24) is 0 Å². The number of hydrogen-bond acceptors (Lipinski definition) is 3. The van der Waals surface area contributed by atoms with Crippen LogP contribution in [-0.2, 0) is 4.79 Å². The Bertz CT molecular complexity index is 1020. The first kappa shape index (κ1) is 19.9. The van der Waals surface area contributed by atoms with Gasteiger partial charge < -0.3 is 5.73 Å². The highest BCUT2D eigenvalue weighted by Gasteiger charge is 2.56. The Balaban J connectivity index is 1.98. The Labute approximate surface area is 178 Å². The molecule has 1 aliphatic heterocycles. The lowest BCUT2D eigenvalue weighted by molar-refractivity contribution is -0.125. The van der Waals surface area contributed by atoms with Crippen molar-refractivity contribution in [2.24, 2.45) is 16.3 Å². The number of para-hydroxylation sites is 1. The molecule has 0 bridgehead atoms. The zero-order chi connectivity index (χ0) is 21.0. The molecule has 0 saturated carbocycles. The first-order valence-electron chi connectivity index (χ1n) is 10.5. The van der Waals surface area contributed by atoms with Crippen LogP contribution in [0, 0.1) is 5.41 Å². The number of nitrogens with two attached hydrogens (primary N) is 1. The smallest absolute Gasteiger partial charge is 0.232 e. The summed E-state index contributed by atoms with van der Waals surface area (Å²) >= 11 is 0. The maximum Gasteiger partial charge on any atom is 0.232 e. The Morgan fingerprint density at radius 1 is 0.933 bits per heavy atom. The van der Waals surface area contributed by atoms with Gasteiger partial charge in [-0.25, -0.2) is 0 Å². The van der Waals surface area contributed by atoms with Gasteiger partial charge in [-0.3, -0.25) is 9.80 Å². The van der Waals surface area contributed by atoms with Crippen molar-refractivity contribution in [3.05, 3.63) is 102 Å². The van der Waals surface area contributed by atoms with Gasteiger partial charge in [0.1, 0.15) is 5.41 Å². The van der Waals surface area contributed by atoms with Crippen LogP contribution in [0.15, 0.2) is 96.1 Å². The van der Waals surface area contributed by atoms with Gasteiger partial charge in [0.05, 0.1) is 17.4 Å². The normalized spacial score (nSPS) is 20.8. The summed E-state index contributed by atoms with van der Waals surface area (Å²) in [5, 5.41) is 7.05. The van der Waals surface area contributed by atoms with E-state index in [1.54, 1.807) is 0 Å². The van der Waals surface area contributed by atoms with Gasteiger partial charge in [-0.15, -0.1) is 0 Å². The Kier molecular flexibility index (Phi) is 5.66. The van der Waals surface area contributed by atoms with E-state index in [-0.39, 0.29) is 11.9 Å². The fourth-order valence-electron chi connectivity index (χ4n) is 4.44. The number of amides is 1. The predicted molar refractivity (Wildman–Crippen MR) is 122 cm³/mol. The first-order valence-corrected chi connectivity index (χ1v) is 10.5. The van der Waals surface area contributed by atoms with E-state index in [9.17, 15) is 4.79 Å². The molecular formula is C26H27N3O. The van der Waals surface area contributed by atoms with Crippen molar-refractivity contribution < 1.29 is 4.79 Å². The van der Waals surface area contributed by atoms with E-state index in [0.717, 1.165) is 35.4 Å². The molecule has 2 unspecified atom stereocenters. The van der Waals surface area contributed by atoms with Crippen LogP contribution < -0.4 is 10.7 Å². The monoisotopic (exact) mass is 397 g/mol. The van der Waals surface area contributed by atoms with Gasteiger partial charge in [-0.05, 0) is 29.7 Å². The van der Waals surface area contributed by atoms with E-state index < -0.39 is 5.41 Å². The second-order valence-electron chi connectivity index (χ2n) is 7.75. The molecule has 0 aromatic heterocycles. The fourth-order valence-corrected chi connectivity index (χ4v) is 4.44. The lowest BCUT2D eigenvalue weighted by Gasteiger charge is -2.37. The summed E-state index contributed by atoms with van der Waals surface area (Å²) in [5.41, 5.74) is 8.97. The van der Waals surface area contributed by atoms with Crippen molar-refractivity contribution >= 4 is 17.3 Å². The Hall–Kier alpha value is -3.40. The molecule has 2 N–H and O–H groups in total. The SMILES string of the molecule is CCCCC1(C(N)=O)C(c2ccccc2)=NN(c2ccccc2)C1c1ccccc1. The van der Waals surface area contributed by atoms with Crippen LogP contribution in [0.4, 0.5) is 5.69 Å². The average molecular weight is 398 g/mol. The van der Waals surface area contributed by atoms with Gasteiger partial charge in [-0.1, -0.05) is 98.6 Å². The topological polar surface area (TPSA) is 58.7 Å². The lowest BCUT2D eigenvalue weighted by atomic mass is 9.68. The Morgan fingerprint density at radius 2 is 1.50 bits per heavy atom. The molecule has 2 atom stereocenters. The number of rotatable bonds is 7. The van der Waals surface area contributed by atoms with Crippen LogP contribution in [-0.4, -0.2) is 11.6 Å². The van der Waals surface area contributed by atoms with E-state index in [0.29, 0.717) is 6.42 Å². The van der Waals surface area contributed by atoms with Crippen LogP contribution in [0.1, 0.15) is 43.4 Å². The van der Waals surface area contributed by atoms with E-state index in [1.807, 2.05) is 83.9 Å². The van der Waals surface area contributed by atoms with Crippen LogP contribution in [0.2, 0.25) is 0 Å². The molecule has 1 heterocycles. The van der Waals surface area contributed by atoms with Crippen molar-refractivity contribution in [1.29, 1.82) is 0 Å². The minimum atomic E-state index is -0.922. The highest BCUT2D eigenvalue weighted by molar-refractivity contribution is 6.19. The molecule has 3 aromatic rings. The number of primary amides is 1. The highest BCUT2D eigenvalue weighted by Crippen LogP contribution is 2.51. The molecule has 1 aliphatic rings. The summed E-state index contributed by atoms with van der Waals surface area (Å²) in [6, 6.07) is 29.8. The molecule has 0 radical (unpaired) electrons. The van der Waals surface area contributed by atoms with Gasteiger partial charge in [0, 0.05) is 0 Å². The number of unbranched alkanes of at least 4 members (excludes halogenated alkanes) is 1. The van der Waals surface area contributed by atoms with Gasteiger partial charge >= 0.3 is 0 Å². The second kappa shape index (κ2) is 8.54. The van der Waals surface area contributed by atoms with E-state index >= 15 is 0 Å².